The zero-order valence-electron chi connectivity index (χ0n) is 12.8. The lowest BCUT2D eigenvalue weighted by atomic mass is 10.0. The first kappa shape index (κ1) is 16.2. The summed E-state index contributed by atoms with van der Waals surface area (Å²) in [6.45, 7) is 11.5. The molecule has 0 spiro atoms. The van der Waals surface area contributed by atoms with E-state index in [2.05, 4.69) is 0 Å². The lowest BCUT2D eigenvalue weighted by Gasteiger charge is -2.25. The molecule has 19 heavy (non-hydrogen) atoms. The Bertz CT molecular complexity index is 300. The third-order valence-corrected chi connectivity index (χ3v) is 3.10. The maximum Gasteiger partial charge on any atom is 0.410 e. The number of carbonyl (C=O) groups is 1. The van der Waals surface area contributed by atoms with Gasteiger partial charge in [0.15, 0.2) is 0 Å². The maximum atomic E-state index is 11.9. The second-order valence-electron chi connectivity index (χ2n) is 6.52. The van der Waals surface area contributed by atoms with Gasteiger partial charge >= 0.3 is 6.09 Å². The Morgan fingerprint density at radius 3 is 2.58 bits per heavy atom. The molecule has 112 valence electrons. The highest BCUT2D eigenvalue weighted by molar-refractivity contribution is 5.68. The molecule has 1 aliphatic rings. The van der Waals surface area contributed by atoms with E-state index in [-0.39, 0.29) is 18.2 Å². The van der Waals surface area contributed by atoms with E-state index in [4.69, 9.17) is 15.2 Å². The lowest BCUT2D eigenvalue weighted by molar-refractivity contribution is 0.0271. The number of carbonyl (C=O) groups excluding carboxylic acids is 1. The Labute approximate surface area is 116 Å². The highest BCUT2D eigenvalue weighted by Gasteiger charge is 2.32. The van der Waals surface area contributed by atoms with E-state index in [1.165, 1.54) is 0 Å². The average Bonchev–Trinajstić information content (AvgIpc) is 2.72. The normalized spacial score (nSPS) is 21.8. The standard InChI is InChI=1S/C14H28N2O3/c1-10(2)18-9-12(15)11-6-7-16(8-11)13(17)19-14(3,4)5/h10-12H,6-9,15H2,1-5H3. The summed E-state index contributed by atoms with van der Waals surface area (Å²) in [5.74, 6) is 0.297. The smallest absolute Gasteiger partial charge is 0.410 e. The van der Waals surface area contributed by atoms with Crippen molar-refractivity contribution >= 4 is 6.09 Å². The van der Waals surface area contributed by atoms with Gasteiger partial charge in [-0.3, -0.25) is 0 Å². The fourth-order valence-electron chi connectivity index (χ4n) is 2.07. The highest BCUT2D eigenvalue weighted by atomic mass is 16.6. The van der Waals surface area contributed by atoms with Crippen LogP contribution in [0.25, 0.3) is 0 Å². The molecule has 0 aliphatic carbocycles. The number of likely N-dealkylation sites (tertiary alicyclic amines) is 1. The molecule has 0 bridgehead atoms. The van der Waals surface area contributed by atoms with E-state index in [1.54, 1.807) is 4.90 Å². The molecule has 0 aromatic heterocycles. The van der Waals surface area contributed by atoms with Gasteiger partial charge in [-0.15, -0.1) is 0 Å². The minimum absolute atomic E-state index is 0.0187. The van der Waals surface area contributed by atoms with Gasteiger partial charge in [-0.25, -0.2) is 4.79 Å². The number of amides is 1. The fourth-order valence-corrected chi connectivity index (χ4v) is 2.07. The number of nitrogens with two attached hydrogens (primary N) is 1. The molecule has 1 amide bonds. The van der Waals surface area contributed by atoms with Gasteiger partial charge in [0, 0.05) is 19.1 Å². The third-order valence-electron chi connectivity index (χ3n) is 3.10. The van der Waals surface area contributed by atoms with Gasteiger partial charge in [-0.1, -0.05) is 0 Å². The first-order chi connectivity index (χ1) is 8.69. The molecule has 1 rings (SSSR count). The number of ether oxygens (including phenoxy) is 2. The summed E-state index contributed by atoms with van der Waals surface area (Å²) in [5, 5.41) is 0. The van der Waals surface area contributed by atoms with Crippen molar-refractivity contribution in [2.45, 2.75) is 58.8 Å². The molecule has 0 radical (unpaired) electrons. The van der Waals surface area contributed by atoms with Crippen LogP contribution in [0.3, 0.4) is 0 Å². The van der Waals surface area contributed by atoms with Crippen molar-refractivity contribution in [2.24, 2.45) is 11.7 Å². The lowest BCUT2D eigenvalue weighted by Crippen LogP contribution is -2.39. The second kappa shape index (κ2) is 6.57. The number of hydrogen-bond acceptors (Lipinski definition) is 4. The van der Waals surface area contributed by atoms with Crippen molar-refractivity contribution in [3.05, 3.63) is 0 Å². The maximum absolute atomic E-state index is 11.9. The Morgan fingerprint density at radius 2 is 2.05 bits per heavy atom. The van der Waals surface area contributed by atoms with Gasteiger partial charge in [-0.2, -0.15) is 0 Å². The first-order valence-electron chi connectivity index (χ1n) is 7.04. The van der Waals surface area contributed by atoms with Crippen LogP contribution in [0.2, 0.25) is 0 Å². The van der Waals surface area contributed by atoms with E-state index in [0.29, 0.717) is 19.1 Å². The van der Waals surface area contributed by atoms with Crippen molar-refractivity contribution in [3.63, 3.8) is 0 Å². The second-order valence-corrected chi connectivity index (χ2v) is 6.52. The Balaban J connectivity index is 2.38. The Hall–Kier alpha value is -0.810. The minimum atomic E-state index is -0.446. The average molecular weight is 272 g/mol. The molecular formula is C14H28N2O3. The van der Waals surface area contributed by atoms with Crippen molar-refractivity contribution in [2.75, 3.05) is 19.7 Å². The van der Waals surface area contributed by atoms with E-state index in [0.717, 1.165) is 13.0 Å². The molecule has 2 unspecified atom stereocenters. The summed E-state index contributed by atoms with van der Waals surface area (Å²) < 4.78 is 10.9. The molecule has 5 heteroatoms. The van der Waals surface area contributed by atoms with Crippen LogP contribution >= 0.6 is 0 Å². The van der Waals surface area contributed by atoms with Crippen LogP contribution in [0.1, 0.15) is 41.0 Å². The quantitative estimate of drug-likeness (QED) is 0.850. The Morgan fingerprint density at radius 1 is 1.42 bits per heavy atom. The molecule has 1 saturated heterocycles. The molecule has 2 atom stereocenters. The van der Waals surface area contributed by atoms with Crippen LogP contribution in [0, 0.1) is 5.92 Å². The largest absolute Gasteiger partial charge is 0.444 e. The summed E-state index contributed by atoms with van der Waals surface area (Å²) >= 11 is 0. The van der Waals surface area contributed by atoms with Gasteiger partial charge in [0.2, 0.25) is 0 Å². The van der Waals surface area contributed by atoms with Crippen molar-refractivity contribution in [1.82, 2.24) is 4.90 Å². The monoisotopic (exact) mass is 272 g/mol. The van der Waals surface area contributed by atoms with E-state index < -0.39 is 5.60 Å². The van der Waals surface area contributed by atoms with Crippen LogP contribution in [-0.2, 0) is 9.47 Å². The minimum Gasteiger partial charge on any atom is -0.444 e. The van der Waals surface area contributed by atoms with Gasteiger partial charge in [0.25, 0.3) is 0 Å². The molecule has 0 aromatic rings. The van der Waals surface area contributed by atoms with Crippen molar-refractivity contribution in [1.29, 1.82) is 0 Å². The zero-order valence-corrected chi connectivity index (χ0v) is 12.8. The highest BCUT2D eigenvalue weighted by Crippen LogP contribution is 2.21. The molecule has 0 saturated carbocycles. The van der Waals surface area contributed by atoms with E-state index in [1.807, 2.05) is 34.6 Å². The van der Waals surface area contributed by atoms with Crippen LogP contribution in [0.15, 0.2) is 0 Å². The summed E-state index contributed by atoms with van der Waals surface area (Å²) in [5.41, 5.74) is 5.67. The Kier molecular flexibility index (Phi) is 5.62. The molecule has 5 nitrogen and oxygen atoms in total. The van der Waals surface area contributed by atoms with Crippen molar-refractivity contribution < 1.29 is 14.3 Å². The van der Waals surface area contributed by atoms with Crippen LogP contribution in [-0.4, -0.2) is 48.4 Å². The molecule has 1 fully saturated rings. The van der Waals surface area contributed by atoms with Gasteiger partial charge < -0.3 is 20.1 Å². The zero-order chi connectivity index (χ0) is 14.6. The van der Waals surface area contributed by atoms with Gasteiger partial charge in [-0.05, 0) is 47.0 Å². The number of rotatable bonds is 4. The summed E-state index contributed by atoms with van der Waals surface area (Å²) in [4.78, 5) is 13.7. The summed E-state index contributed by atoms with van der Waals surface area (Å²) in [6, 6.07) is -0.0187. The molecular weight excluding hydrogens is 244 g/mol. The van der Waals surface area contributed by atoms with Crippen molar-refractivity contribution in [3.8, 4) is 0 Å². The van der Waals surface area contributed by atoms with E-state index >= 15 is 0 Å². The van der Waals surface area contributed by atoms with Crippen LogP contribution in [0.5, 0.6) is 0 Å². The summed E-state index contributed by atoms with van der Waals surface area (Å²) in [6.07, 6.45) is 0.864. The first-order valence-corrected chi connectivity index (χ1v) is 7.04. The topological polar surface area (TPSA) is 64.8 Å². The fraction of sp³-hybridized carbons (Fsp3) is 0.929. The van der Waals surface area contributed by atoms with Crippen LogP contribution < -0.4 is 5.73 Å². The number of hydrogen-bond donors (Lipinski definition) is 1. The molecule has 2 N–H and O–H groups in total. The molecule has 0 aromatic carbocycles. The molecule has 1 heterocycles. The van der Waals surface area contributed by atoms with Gasteiger partial charge in [0.05, 0.1) is 12.7 Å². The van der Waals surface area contributed by atoms with Crippen LogP contribution in [0.4, 0.5) is 4.79 Å². The van der Waals surface area contributed by atoms with Gasteiger partial charge in [0.1, 0.15) is 5.60 Å². The molecule has 1 aliphatic heterocycles. The number of nitrogens with zero attached hydrogens (tertiary/aromatic N) is 1. The SMILES string of the molecule is CC(C)OCC(N)C1CCN(C(=O)OC(C)(C)C)C1. The predicted molar refractivity (Wildman–Crippen MR) is 75.0 cm³/mol. The predicted octanol–water partition coefficient (Wildman–Crippen LogP) is 2.00. The van der Waals surface area contributed by atoms with E-state index in [9.17, 15) is 4.79 Å². The summed E-state index contributed by atoms with van der Waals surface area (Å²) in [7, 11) is 0. The third kappa shape index (κ3) is 5.78.